The number of rotatable bonds is 8. The summed E-state index contributed by atoms with van der Waals surface area (Å²) in [6, 6.07) is 9.67. The van der Waals surface area contributed by atoms with Gasteiger partial charge >= 0.3 is 12.1 Å². The molecule has 0 bridgehead atoms. The molecule has 1 unspecified atom stereocenters. The summed E-state index contributed by atoms with van der Waals surface area (Å²) in [5.74, 6) is -1.29. The zero-order valence-electron chi connectivity index (χ0n) is 26.4. The monoisotopic (exact) mass is 628 g/mol. The van der Waals surface area contributed by atoms with Crippen LogP contribution >= 0.6 is 0 Å². The van der Waals surface area contributed by atoms with Crippen LogP contribution in [0.15, 0.2) is 41.3 Å². The first-order chi connectivity index (χ1) is 20.5. The number of carboxylic acid groups (broad SMARTS) is 1. The van der Waals surface area contributed by atoms with Crippen molar-refractivity contribution < 1.29 is 32.6 Å². The molecule has 2 aliphatic rings. The van der Waals surface area contributed by atoms with Gasteiger partial charge in [-0.25, -0.2) is 18.0 Å². The molecule has 1 heterocycles. The fourth-order valence-electron chi connectivity index (χ4n) is 5.79. The molecular weight excluding hydrogens is 584 g/mol. The Labute approximate surface area is 260 Å². The third kappa shape index (κ3) is 7.46. The van der Waals surface area contributed by atoms with Gasteiger partial charge in [-0.3, -0.25) is 9.52 Å². The van der Waals surface area contributed by atoms with Gasteiger partial charge in [0.25, 0.3) is 10.0 Å². The lowest BCUT2D eigenvalue weighted by molar-refractivity contribution is -0.141. The number of hydrogen-bond acceptors (Lipinski definition) is 7. The molecule has 1 fully saturated rings. The first-order valence-corrected chi connectivity index (χ1v) is 16.5. The summed E-state index contributed by atoms with van der Waals surface area (Å²) in [6.07, 6.45) is 2.15. The lowest BCUT2D eigenvalue weighted by Gasteiger charge is -2.39. The lowest BCUT2D eigenvalue weighted by Crippen LogP contribution is -2.55. The van der Waals surface area contributed by atoms with Crippen molar-refractivity contribution >= 4 is 39.4 Å². The van der Waals surface area contributed by atoms with E-state index in [0.29, 0.717) is 37.4 Å². The molecule has 1 aliphatic heterocycles. The molecule has 2 aromatic rings. The van der Waals surface area contributed by atoms with Crippen molar-refractivity contribution in [1.82, 2.24) is 9.80 Å². The van der Waals surface area contributed by atoms with Gasteiger partial charge in [-0.1, -0.05) is 25.1 Å². The lowest BCUT2D eigenvalue weighted by atomic mass is 9.80. The first-order valence-electron chi connectivity index (χ1n) is 15.0. The molecule has 0 aromatic heterocycles. The van der Waals surface area contributed by atoms with E-state index in [4.69, 9.17) is 4.74 Å². The van der Waals surface area contributed by atoms with Crippen LogP contribution in [-0.2, 0) is 26.0 Å². The number of ether oxygens (including phenoxy) is 1. The van der Waals surface area contributed by atoms with Gasteiger partial charge in [0.1, 0.15) is 10.5 Å². The number of hydrogen-bond donors (Lipinski definition) is 3. The molecule has 0 radical (unpaired) electrons. The van der Waals surface area contributed by atoms with E-state index >= 15 is 0 Å². The van der Waals surface area contributed by atoms with Gasteiger partial charge in [0.15, 0.2) is 0 Å². The summed E-state index contributed by atoms with van der Waals surface area (Å²) >= 11 is 0. The number of fused-ring (bicyclic) bond motifs is 1. The van der Waals surface area contributed by atoms with Gasteiger partial charge in [-0.15, -0.1) is 0 Å². The maximum absolute atomic E-state index is 13.7. The Morgan fingerprint density at radius 3 is 2.23 bits per heavy atom. The van der Waals surface area contributed by atoms with Crippen LogP contribution in [0.5, 0.6) is 0 Å². The van der Waals surface area contributed by atoms with E-state index in [-0.39, 0.29) is 34.5 Å². The standard InChI is InChI=1S/C32H44N4O7S/c1-21-10-9-11-22-14-15-24(27(26(21)22)28(37)38)34-44(41,42)25-13-8-7-12-23(25)33-20-32(5,6)29(39)35-16-18-36(19-17-35)30(40)43-31(2,3)4/h7-8,12-15,21,33-34H,9-11,16-20H2,1-6H3,(H,37,38). The molecule has 44 heavy (non-hydrogen) atoms. The molecule has 11 nitrogen and oxygen atoms in total. The highest BCUT2D eigenvalue weighted by Crippen LogP contribution is 2.38. The van der Waals surface area contributed by atoms with Gasteiger partial charge in [-0.05, 0) is 89.1 Å². The van der Waals surface area contributed by atoms with Gasteiger partial charge < -0.3 is 25.0 Å². The molecule has 2 aromatic carbocycles. The average Bonchev–Trinajstić information content (AvgIpc) is 2.95. The molecular formula is C32H44N4O7S. The third-order valence-electron chi connectivity index (χ3n) is 8.06. The van der Waals surface area contributed by atoms with Crippen LogP contribution in [0.2, 0.25) is 0 Å². The van der Waals surface area contributed by atoms with Gasteiger partial charge in [0.2, 0.25) is 5.91 Å². The van der Waals surface area contributed by atoms with Crippen LogP contribution in [0.3, 0.4) is 0 Å². The number of amides is 2. The van der Waals surface area contributed by atoms with Gasteiger partial charge in [-0.2, -0.15) is 0 Å². The van der Waals surface area contributed by atoms with E-state index in [2.05, 4.69) is 10.0 Å². The van der Waals surface area contributed by atoms with E-state index in [0.717, 1.165) is 24.8 Å². The minimum absolute atomic E-state index is 0.00307. The van der Waals surface area contributed by atoms with Crippen LogP contribution in [-0.4, -0.2) is 79.6 Å². The number of piperazine rings is 1. The number of aromatic carboxylic acids is 1. The first kappa shape index (κ1) is 33.1. The number of aryl methyl sites for hydroxylation is 1. The molecule has 3 N–H and O–H groups in total. The molecule has 1 saturated heterocycles. The smallest absolute Gasteiger partial charge is 0.410 e. The molecule has 2 amide bonds. The van der Waals surface area contributed by atoms with Crippen LogP contribution in [0.4, 0.5) is 16.2 Å². The van der Waals surface area contributed by atoms with E-state index in [9.17, 15) is 27.9 Å². The maximum Gasteiger partial charge on any atom is 0.410 e. The van der Waals surface area contributed by atoms with Gasteiger partial charge in [0.05, 0.1) is 22.4 Å². The minimum atomic E-state index is -4.20. The Bertz CT molecular complexity index is 1520. The number of carbonyl (C=O) groups is 3. The Morgan fingerprint density at radius 2 is 1.59 bits per heavy atom. The van der Waals surface area contributed by atoms with Crippen molar-refractivity contribution in [2.24, 2.45) is 5.41 Å². The largest absolute Gasteiger partial charge is 0.478 e. The summed E-state index contributed by atoms with van der Waals surface area (Å²) in [5, 5.41) is 13.2. The number of carbonyl (C=O) groups excluding carboxylic acids is 2. The van der Waals surface area contributed by atoms with Crippen molar-refractivity contribution in [3.05, 3.63) is 53.1 Å². The second kappa shape index (κ2) is 12.7. The SMILES string of the molecule is CC1CCCc2ccc(NS(=O)(=O)c3ccccc3NCC(C)(C)C(=O)N3CCN(C(=O)OC(C)(C)C)CC3)c(C(=O)O)c21. The van der Waals surface area contributed by atoms with Crippen molar-refractivity contribution in [2.75, 3.05) is 42.8 Å². The summed E-state index contributed by atoms with van der Waals surface area (Å²) in [6.45, 7) is 12.5. The van der Waals surface area contributed by atoms with E-state index < -0.39 is 33.1 Å². The van der Waals surface area contributed by atoms with Crippen molar-refractivity contribution in [3.8, 4) is 0 Å². The molecule has 12 heteroatoms. The third-order valence-corrected chi connectivity index (χ3v) is 9.49. The number of nitrogens with zero attached hydrogens (tertiary/aromatic N) is 2. The normalized spacial score (nSPS) is 17.5. The summed E-state index contributed by atoms with van der Waals surface area (Å²) in [7, 11) is -4.20. The van der Waals surface area contributed by atoms with Crippen LogP contribution in [0.25, 0.3) is 0 Å². The predicted octanol–water partition coefficient (Wildman–Crippen LogP) is 5.14. The molecule has 1 aliphatic carbocycles. The zero-order valence-corrected chi connectivity index (χ0v) is 27.2. The van der Waals surface area contributed by atoms with Crippen molar-refractivity contribution in [1.29, 1.82) is 0 Å². The zero-order chi connectivity index (χ0) is 32.4. The number of anilines is 2. The van der Waals surface area contributed by atoms with E-state index in [1.54, 1.807) is 68.7 Å². The van der Waals surface area contributed by atoms with Crippen LogP contribution < -0.4 is 10.0 Å². The number of benzene rings is 2. The van der Waals surface area contributed by atoms with Crippen molar-refractivity contribution in [2.45, 2.75) is 77.2 Å². The van der Waals surface area contributed by atoms with Crippen molar-refractivity contribution in [3.63, 3.8) is 0 Å². The Hall–Kier alpha value is -3.80. The molecule has 240 valence electrons. The summed E-state index contributed by atoms with van der Waals surface area (Å²) in [5.41, 5.74) is 0.423. The fourth-order valence-corrected chi connectivity index (χ4v) is 7.04. The average molecular weight is 629 g/mol. The van der Waals surface area contributed by atoms with Crippen LogP contribution in [0.1, 0.15) is 81.8 Å². The molecule has 0 saturated carbocycles. The van der Waals surface area contributed by atoms with E-state index in [1.807, 2.05) is 6.92 Å². The Morgan fingerprint density at radius 1 is 0.955 bits per heavy atom. The molecule has 1 atom stereocenters. The second-order valence-electron chi connectivity index (χ2n) is 13.3. The quantitative estimate of drug-likeness (QED) is 0.364. The number of carboxylic acids is 1. The molecule has 0 spiro atoms. The maximum atomic E-state index is 13.7. The topological polar surface area (TPSA) is 145 Å². The Kier molecular flexibility index (Phi) is 9.53. The predicted molar refractivity (Wildman–Crippen MR) is 169 cm³/mol. The van der Waals surface area contributed by atoms with E-state index in [1.165, 1.54) is 12.1 Å². The number of nitrogens with one attached hydrogen (secondary N) is 2. The summed E-state index contributed by atoms with van der Waals surface area (Å²) in [4.78, 5) is 41.5. The van der Waals surface area contributed by atoms with Gasteiger partial charge in [0, 0.05) is 32.7 Å². The summed E-state index contributed by atoms with van der Waals surface area (Å²) < 4.78 is 35.3. The number of sulfonamides is 1. The molecule has 4 rings (SSSR count). The highest BCUT2D eigenvalue weighted by Gasteiger charge is 2.36. The Balaban J connectivity index is 1.47. The van der Waals surface area contributed by atoms with Crippen LogP contribution in [0, 0.1) is 5.41 Å². The minimum Gasteiger partial charge on any atom is -0.478 e. The highest BCUT2D eigenvalue weighted by atomic mass is 32.2. The number of para-hydroxylation sites is 1. The fraction of sp³-hybridized carbons (Fsp3) is 0.531. The highest BCUT2D eigenvalue weighted by molar-refractivity contribution is 7.92. The second-order valence-corrected chi connectivity index (χ2v) is 14.9.